The summed E-state index contributed by atoms with van der Waals surface area (Å²) in [5, 5.41) is 2.91. The van der Waals surface area contributed by atoms with Crippen molar-refractivity contribution in [2.45, 2.75) is 64.5 Å². The number of rotatable bonds is 12. The van der Waals surface area contributed by atoms with Crippen LogP contribution in [0.4, 0.5) is 10.1 Å². The first-order chi connectivity index (χ1) is 16.8. The third-order valence-corrected chi connectivity index (χ3v) is 6.40. The van der Waals surface area contributed by atoms with E-state index in [0.717, 1.165) is 36.3 Å². The Morgan fingerprint density at radius 3 is 2.69 bits per heavy atom. The number of aryl methyl sites for hydroxylation is 2. The van der Waals surface area contributed by atoms with Crippen molar-refractivity contribution < 1.29 is 18.7 Å². The molecule has 7 nitrogen and oxygen atoms in total. The number of methoxy groups -OCH3 is 1. The fourth-order valence-electron chi connectivity index (χ4n) is 4.30. The minimum absolute atomic E-state index is 0.132. The lowest BCUT2D eigenvalue weighted by atomic mass is 9.94. The summed E-state index contributed by atoms with van der Waals surface area (Å²) in [5.74, 6) is 0.290. The molecule has 1 fully saturated rings. The highest BCUT2D eigenvalue weighted by Crippen LogP contribution is 2.50. The number of nitrogens with zero attached hydrogens (tertiary/aromatic N) is 2. The van der Waals surface area contributed by atoms with Crippen LogP contribution in [0.3, 0.4) is 0 Å². The summed E-state index contributed by atoms with van der Waals surface area (Å²) < 4.78 is 26.7. The van der Waals surface area contributed by atoms with Crippen molar-refractivity contribution >= 4 is 17.8 Å². The van der Waals surface area contributed by atoms with Crippen LogP contribution in [0.2, 0.25) is 0 Å². The van der Waals surface area contributed by atoms with Gasteiger partial charge in [-0.05, 0) is 63.3 Å². The summed E-state index contributed by atoms with van der Waals surface area (Å²) in [7, 11) is 3.12. The van der Waals surface area contributed by atoms with Gasteiger partial charge in [0.15, 0.2) is 0 Å². The zero-order valence-electron chi connectivity index (χ0n) is 21.4. The molecule has 8 heteroatoms. The third-order valence-electron chi connectivity index (χ3n) is 6.40. The Labute approximate surface area is 207 Å². The fraction of sp³-hybridized carbons (Fsp3) is 0.519. The molecule has 0 spiro atoms. The molecule has 1 aromatic heterocycles. The number of aliphatic imine (C=N–C) groups is 1. The van der Waals surface area contributed by atoms with Gasteiger partial charge in [-0.3, -0.25) is 14.8 Å². The van der Waals surface area contributed by atoms with Crippen molar-refractivity contribution in [2.75, 3.05) is 33.0 Å². The number of anilines is 1. The topological polar surface area (TPSA) is 98.8 Å². The van der Waals surface area contributed by atoms with Gasteiger partial charge in [-0.1, -0.05) is 13.3 Å². The average molecular weight is 485 g/mol. The van der Waals surface area contributed by atoms with Crippen molar-refractivity contribution in [3.05, 3.63) is 46.3 Å². The van der Waals surface area contributed by atoms with Crippen LogP contribution >= 0.6 is 0 Å². The lowest BCUT2D eigenvalue weighted by Gasteiger charge is -2.23. The second-order valence-electron chi connectivity index (χ2n) is 9.04. The van der Waals surface area contributed by atoms with E-state index in [9.17, 15) is 4.79 Å². The molecule has 1 aliphatic rings. The van der Waals surface area contributed by atoms with Crippen molar-refractivity contribution in [2.24, 2.45) is 4.99 Å². The molecule has 1 aliphatic carbocycles. The van der Waals surface area contributed by atoms with Gasteiger partial charge in [-0.15, -0.1) is 0 Å². The van der Waals surface area contributed by atoms with Crippen LogP contribution in [-0.4, -0.2) is 50.1 Å². The summed E-state index contributed by atoms with van der Waals surface area (Å²) in [6.07, 6.45) is 5.25. The molecule has 35 heavy (non-hydrogen) atoms. The number of ether oxygens (including phenoxy) is 2. The smallest absolute Gasteiger partial charge is 0.251 e. The highest BCUT2D eigenvalue weighted by Gasteiger charge is 2.51. The Kier molecular flexibility index (Phi) is 8.70. The van der Waals surface area contributed by atoms with Gasteiger partial charge in [0.2, 0.25) is 0 Å². The molecule has 1 saturated carbocycles. The minimum atomic E-state index is -1.37. The quantitative estimate of drug-likeness (QED) is 0.333. The SMILES string of the molecule is CCCCc1nc(C(CNC(=O)c2cc(C=NC)c(N)c(OC)c2)C2(F)CC2)cc(C)c1OCC. The van der Waals surface area contributed by atoms with Gasteiger partial charge < -0.3 is 20.5 Å². The number of pyridine rings is 1. The van der Waals surface area contributed by atoms with E-state index in [1.165, 1.54) is 7.11 Å². The van der Waals surface area contributed by atoms with E-state index in [-0.39, 0.29) is 12.5 Å². The highest BCUT2D eigenvalue weighted by molar-refractivity contribution is 5.99. The Balaban J connectivity index is 1.88. The van der Waals surface area contributed by atoms with Gasteiger partial charge >= 0.3 is 0 Å². The normalized spacial score (nSPS) is 15.1. The van der Waals surface area contributed by atoms with Crippen LogP contribution < -0.4 is 20.5 Å². The standard InChI is InChI=1S/C27H37FN4O3/c1-6-8-9-21-25(35-7-2)17(3)12-22(32-21)20(27(28)10-11-27)16-31-26(33)18-13-19(15-30-4)24(29)23(14-18)34-5/h12-15,20H,6-11,16,29H2,1-5H3,(H,31,33). The number of nitrogens with two attached hydrogens (primary N) is 1. The maximum absolute atomic E-state index is 15.5. The maximum Gasteiger partial charge on any atom is 0.251 e. The van der Waals surface area contributed by atoms with Crippen molar-refractivity contribution in [1.82, 2.24) is 10.3 Å². The molecule has 3 rings (SSSR count). The molecule has 0 radical (unpaired) electrons. The van der Waals surface area contributed by atoms with Crippen molar-refractivity contribution in [1.29, 1.82) is 0 Å². The summed E-state index contributed by atoms with van der Waals surface area (Å²) >= 11 is 0. The molecule has 1 amide bonds. The molecule has 1 heterocycles. The van der Waals surface area contributed by atoms with Crippen LogP contribution in [0.1, 0.15) is 78.3 Å². The monoisotopic (exact) mass is 484 g/mol. The predicted molar refractivity (Wildman–Crippen MR) is 138 cm³/mol. The molecule has 1 aromatic carbocycles. The second kappa shape index (κ2) is 11.5. The number of nitrogens with one attached hydrogen (secondary N) is 1. The lowest BCUT2D eigenvalue weighted by molar-refractivity contribution is 0.0944. The molecule has 3 N–H and O–H groups in total. The minimum Gasteiger partial charge on any atom is -0.495 e. The van der Waals surface area contributed by atoms with Crippen LogP contribution in [0.15, 0.2) is 23.2 Å². The molecular formula is C27H37FN4O3. The predicted octanol–water partition coefficient (Wildman–Crippen LogP) is 4.79. The van der Waals surface area contributed by atoms with Gasteiger partial charge in [0.25, 0.3) is 5.91 Å². The van der Waals surface area contributed by atoms with E-state index in [1.807, 2.05) is 19.9 Å². The fourth-order valence-corrected chi connectivity index (χ4v) is 4.30. The summed E-state index contributed by atoms with van der Waals surface area (Å²) in [6.45, 7) is 6.72. The average Bonchev–Trinajstić information content (AvgIpc) is 3.58. The second-order valence-corrected chi connectivity index (χ2v) is 9.04. The number of amides is 1. The number of halogens is 1. The van der Waals surface area contributed by atoms with Gasteiger partial charge in [0.1, 0.15) is 17.2 Å². The van der Waals surface area contributed by atoms with Crippen molar-refractivity contribution in [3.8, 4) is 11.5 Å². The van der Waals surface area contributed by atoms with E-state index < -0.39 is 11.6 Å². The molecule has 1 unspecified atom stereocenters. The lowest BCUT2D eigenvalue weighted by Crippen LogP contribution is -2.34. The molecule has 0 saturated heterocycles. The molecule has 0 bridgehead atoms. The molecular weight excluding hydrogens is 447 g/mol. The maximum atomic E-state index is 15.5. The van der Waals surface area contributed by atoms with E-state index in [1.54, 1.807) is 25.4 Å². The molecule has 2 aromatic rings. The number of nitrogen functional groups attached to an aromatic ring is 1. The number of aromatic nitrogens is 1. The first-order valence-electron chi connectivity index (χ1n) is 12.3. The van der Waals surface area contributed by atoms with Crippen LogP contribution in [0.5, 0.6) is 11.5 Å². The van der Waals surface area contributed by atoms with Gasteiger partial charge in [0, 0.05) is 36.6 Å². The molecule has 0 aliphatic heterocycles. The number of alkyl halides is 1. The summed E-state index contributed by atoms with van der Waals surface area (Å²) in [6, 6.07) is 5.13. The van der Waals surface area contributed by atoms with Crippen LogP contribution in [-0.2, 0) is 6.42 Å². The van der Waals surface area contributed by atoms with Crippen molar-refractivity contribution in [3.63, 3.8) is 0 Å². The van der Waals surface area contributed by atoms with Gasteiger partial charge in [0.05, 0.1) is 31.0 Å². The van der Waals surface area contributed by atoms with Gasteiger partial charge in [-0.25, -0.2) is 4.39 Å². The number of hydrogen-bond acceptors (Lipinski definition) is 6. The number of carbonyl (C=O) groups is 1. The summed E-state index contributed by atoms with van der Waals surface area (Å²) in [4.78, 5) is 21.9. The Morgan fingerprint density at radius 2 is 2.09 bits per heavy atom. The number of benzene rings is 1. The summed E-state index contributed by atoms with van der Waals surface area (Å²) in [5.41, 5.74) is 8.53. The molecule has 1 atom stereocenters. The van der Waals surface area contributed by atoms with Gasteiger partial charge in [-0.2, -0.15) is 0 Å². The van der Waals surface area contributed by atoms with E-state index in [4.69, 9.17) is 20.2 Å². The Hall–Kier alpha value is -3.16. The molecule has 190 valence electrons. The Morgan fingerprint density at radius 1 is 1.34 bits per heavy atom. The number of hydrogen-bond donors (Lipinski definition) is 2. The number of carbonyl (C=O) groups excluding carboxylic acids is 1. The largest absolute Gasteiger partial charge is 0.495 e. The third kappa shape index (κ3) is 6.10. The highest BCUT2D eigenvalue weighted by atomic mass is 19.1. The van der Waals surface area contributed by atoms with Crippen LogP contribution in [0.25, 0.3) is 0 Å². The van der Waals surface area contributed by atoms with E-state index in [0.29, 0.717) is 47.7 Å². The first-order valence-corrected chi connectivity index (χ1v) is 12.3. The number of unbranched alkanes of at least 4 members (excludes halogenated alkanes) is 1. The zero-order chi connectivity index (χ0) is 25.6. The first kappa shape index (κ1) is 26.4. The van der Waals surface area contributed by atoms with E-state index in [2.05, 4.69) is 17.2 Å². The zero-order valence-corrected chi connectivity index (χ0v) is 21.4. The Bertz CT molecular complexity index is 1080. The van der Waals surface area contributed by atoms with E-state index >= 15 is 4.39 Å². The van der Waals surface area contributed by atoms with Crippen LogP contribution in [0, 0.1) is 6.92 Å².